The summed E-state index contributed by atoms with van der Waals surface area (Å²) in [4.78, 5) is 24.7. The summed E-state index contributed by atoms with van der Waals surface area (Å²) in [6, 6.07) is 15.1. The second-order valence-corrected chi connectivity index (χ2v) is 7.67. The first-order valence-corrected chi connectivity index (χ1v) is 9.82. The van der Waals surface area contributed by atoms with Gasteiger partial charge in [0.1, 0.15) is 12.4 Å². The van der Waals surface area contributed by atoms with Crippen LogP contribution < -0.4 is 4.74 Å². The Kier molecular flexibility index (Phi) is 8.17. The number of carbonyl (C=O) groups is 2. The summed E-state index contributed by atoms with van der Waals surface area (Å²) in [5, 5.41) is -0.106. The van der Waals surface area contributed by atoms with Crippen molar-refractivity contribution in [3.63, 3.8) is 0 Å². The molecule has 138 valence electrons. The van der Waals surface area contributed by atoms with Crippen LogP contribution in [0.25, 0.3) is 6.08 Å². The molecule has 2 aromatic carbocycles. The van der Waals surface area contributed by atoms with E-state index in [1.54, 1.807) is 6.92 Å². The van der Waals surface area contributed by atoms with Crippen molar-refractivity contribution in [3.05, 3.63) is 85.0 Å². The van der Waals surface area contributed by atoms with Gasteiger partial charge in [-0.3, -0.25) is 9.59 Å². The van der Waals surface area contributed by atoms with Crippen LogP contribution in [-0.2, 0) is 9.59 Å². The molecule has 3 nitrogen and oxygen atoms in total. The molecule has 2 rings (SSSR count). The molecule has 0 fully saturated rings. The highest BCUT2D eigenvalue weighted by Gasteiger charge is 2.04. The average Bonchev–Trinajstić information content (AvgIpc) is 2.67. The number of rotatable bonds is 8. The molecule has 0 N–H and O–H groups in total. The molecule has 0 radical (unpaired) electrons. The van der Waals surface area contributed by atoms with Crippen LogP contribution in [0.4, 0.5) is 0 Å². The van der Waals surface area contributed by atoms with Gasteiger partial charge in [0, 0.05) is 9.79 Å². The van der Waals surface area contributed by atoms with Gasteiger partial charge in [0.15, 0.2) is 0 Å². The molecule has 5 heteroatoms. The summed E-state index contributed by atoms with van der Waals surface area (Å²) >= 11 is 2.31. The van der Waals surface area contributed by atoms with Crippen molar-refractivity contribution in [2.75, 3.05) is 6.61 Å². The highest BCUT2D eigenvalue weighted by atomic mass is 32.2. The number of benzene rings is 2. The van der Waals surface area contributed by atoms with Crippen molar-refractivity contribution in [2.24, 2.45) is 0 Å². The van der Waals surface area contributed by atoms with E-state index in [2.05, 4.69) is 13.2 Å². The lowest BCUT2D eigenvalue weighted by atomic mass is 10.2. The predicted octanol–water partition coefficient (Wildman–Crippen LogP) is 5.78. The van der Waals surface area contributed by atoms with Crippen LogP contribution in [0.3, 0.4) is 0 Å². The number of carbonyl (C=O) groups excluding carboxylic acids is 2. The highest BCUT2D eigenvalue weighted by Crippen LogP contribution is 2.23. The summed E-state index contributed by atoms with van der Waals surface area (Å²) in [5.41, 5.74) is 1.57. The molecule has 0 saturated heterocycles. The molecule has 0 bridgehead atoms. The SMILES string of the molecule is C=CC(=O)Sc1ccc(OCC=Cc2ccc(SC(=O)C(=C)C)cc2)cc1. The van der Waals surface area contributed by atoms with Gasteiger partial charge in [0.05, 0.1) is 0 Å². The molecule has 0 aliphatic carbocycles. The number of hydrogen-bond donors (Lipinski definition) is 0. The van der Waals surface area contributed by atoms with Crippen molar-refractivity contribution in [3.8, 4) is 5.75 Å². The molecular formula is C22H20O3S2. The Morgan fingerprint density at radius 2 is 1.59 bits per heavy atom. The fourth-order valence-electron chi connectivity index (χ4n) is 1.93. The van der Waals surface area contributed by atoms with Crippen LogP contribution in [0.2, 0.25) is 0 Å². The first kappa shape index (κ1) is 20.8. The summed E-state index contributed by atoms with van der Waals surface area (Å²) in [7, 11) is 0. The molecule has 27 heavy (non-hydrogen) atoms. The molecule has 0 atom stereocenters. The molecule has 0 amide bonds. The number of hydrogen-bond acceptors (Lipinski definition) is 5. The minimum Gasteiger partial charge on any atom is -0.490 e. The van der Waals surface area contributed by atoms with E-state index >= 15 is 0 Å². The van der Waals surface area contributed by atoms with E-state index in [1.165, 1.54) is 17.8 Å². The van der Waals surface area contributed by atoms with Gasteiger partial charge in [-0.15, -0.1) is 0 Å². The van der Waals surface area contributed by atoms with Crippen molar-refractivity contribution < 1.29 is 14.3 Å². The summed E-state index contributed by atoms with van der Waals surface area (Å²) in [6.45, 7) is 9.24. The Balaban J connectivity index is 1.81. The van der Waals surface area contributed by atoms with Gasteiger partial charge in [-0.05, 0) is 90.1 Å². The third kappa shape index (κ3) is 7.33. The van der Waals surface area contributed by atoms with Gasteiger partial charge in [-0.25, -0.2) is 0 Å². The molecule has 2 aromatic rings. The zero-order chi connectivity index (χ0) is 19.6. The van der Waals surface area contributed by atoms with Gasteiger partial charge < -0.3 is 4.74 Å². The quantitative estimate of drug-likeness (QED) is 0.418. The minimum absolute atomic E-state index is 0.0232. The van der Waals surface area contributed by atoms with Crippen LogP contribution in [-0.4, -0.2) is 16.8 Å². The largest absolute Gasteiger partial charge is 0.490 e. The summed E-state index contributed by atoms with van der Waals surface area (Å²) in [5.74, 6) is 0.736. The third-order valence-electron chi connectivity index (χ3n) is 3.30. The lowest BCUT2D eigenvalue weighted by Crippen LogP contribution is -1.93. The summed E-state index contributed by atoms with van der Waals surface area (Å²) < 4.78 is 5.66. The molecule has 0 saturated carbocycles. The van der Waals surface area contributed by atoms with Crippen molar-refractivity contribution in [1.82, 2.24) is 0 Å². The minimum atomic E-state index is -0.0833. The van der Waals surface area contributed by atoms with Crippen LogP contribution in [0.5, 0.6) is 5.75 Å². The van der Waals surface area contributed by atoms with Crippen LogP contribution in [0.15, 0.2) is 89.2 Å². The van der Waals surface area contributed by atoms with E-state index in [-0.39, 0.29) is 10.2 Å². The van der Waals surface area contributed by atoms with Crippen molar-refractivity contribution >= 4 is 39.8 Å². The van der Waals surface area contributed by atoms with E-state index in [0.29, 0.717) is 12.2 Å². The number of ether oxygens (including phenoxy) is 1. The molecule has 0 unspecified atom stereocenters. The molecular weight excluding hydrogens is 376 g/mol. The van der Waals surface area contributed by atoms with Gasteiger partial charge in [-0.1, -0.05) is 31.4 Å². The zero-order valence-electron chi connectivity index (χ0n) is 15.0. The molecule has 0 aliphatic heterocycles. The zero-order valence-corrected chi connectivity index (χ0v) is 16.6. The first-order chi connectivity index (χ1) is 13.0. The topological polar surface area (TPSA) is 43.4 Å². The Bertz CT molecular complexity index is 850. The van der Waals surface area contributed by atoms with Crippen LogP contribution in [0.1, 0.15) is 12.5 Å². The summed E-state index contributed by atoms with van der Waals surface area (Å²) in [6.07, 6.45) is 5.18. The number of thioether (sulfide) groups is 2. The third-order valence-corrected chi connectivity index (χ3v) is 5.22. The highest BCUT2D eigenvalue weighted by molar-refractivity contribution is 8.14. The lowest BCUT2D eigenvalue weighted by molar-refractivity contribution is -0.108. The standard InChI is InChI=1S/C22H20O3S2/c1-4-21(23)26-19-13-9-18(10-14-19)25-15-5-6-17-7-11-20(12-8-17)27-22(24)16(2)3/h4-14H,1-2,15H2,3H3. The smallest absolute Gasteiger partial charge is 0.219 e. The Hall–Kier alpha value is -2.50. The second-order valence-electron chi connectivity index (χ2n) is 5.55. The lowest BCUT2D eigenvalue weighted by Gasteiger charge is -2.04. The molecule has 0 spiro atoms. The molecule has 0 aromatic heterocycles. The predicted molar refractivity (Wildman–Crippen MR) is 114 cm³/mol. The Morgan fingerprint density at radius 1 is 1.00 bits per heavy atom. The maximum Gasteiger partial charge on any atom is 0.219 e. The average molecular weight is 397 g/mol. The van der Waals surface area contributed by atoms with E-state index < -0.39 is 0 Å². The van der Waals surface area contributed by atoms with Crippen LogP contribution in [0, 0.1) is 0 Å². The van der Waals surface area contributed by atoms with Gasteiger partial charge in [0.2, 0.25) is 10.2 Å². The van der Waals surface area contributed by atoms with Gasteiger partial charge >= 0.3 is 0 Å². The second kappa shape index (κ2) is 10.6. The van der Waals surface area contributed by atoms with Gasteiger partial charge in [-0.2, -0.15) is 0 Å². The maximum atomic E-state index is 11.6. The Morgan fingerprint density at radius 3 is 2.19 bits per heavy atom. The fraction of sp³-hybridized carbons (Fsp3) is 0.0909. The fourth-order valence-corrected chi connectivity index (χ4v) is 3.18. The van der Waals surface area contributed by atoms with E-state index in [4.69, 9.17) is 4.74 Å². The first-order valence-electron chi connectivity index (χ1n) is 8.19. The normalized spacial score (nSPS) is 10.6. The van der Waals surface area contributed by atoms with Gasteiger partial charge in [0.25, 0.3) is 0 Å². The van der Waals surface area contributed by atoms with Crippen molar-refractivity contribution in [2.45, 2.75) is 16.7 Å². The van der Waals surface area contributed by atoms with E-state index in [0.717, 1.165) is 32.9 Å². The monoisotopic (exact) mass is 396 g/mol. The van der Waals surface area contributed by atoms with E-state index in [9.17, 15) is 9.59 Å². The van der Waals surface area contributed by atoms with Crippen LogP contribution >= 0.6 is 23.5 Å². The molecule has 0 heterocycles. The molecule has 0 aliphatic rings. The van der Waals surface area contributed by atoms with E-state index in [1.807, 2.05) is 60.7 Å². The Labute approximate surface area is 168 Å². The maximum absolute atomic E-state index is 11.6. The van der Waals surface area contributed by atoms with Crippen molar-refractivity contribution in [1.29, 1.82) is 0 Å².